The van der Waals surface area contributed by atoms with Crippen molar-refractivity contribution in [2.75, 3.05) is 12.0 Å². The molecule has 1 unspecified atom stereocenters. The second-order valence-electron chi connectivity index (χ2n) is 7.44. The third-order valence-corrected chi connectivity index (χ3v) is 5.73. The van der Waals surface area contributed by atoms with E-state index in [9.17, 15) is 4.79 Å². The molecule has 0 saturated heterocycles. The highest BCUT2D eigenvalue weighted by Crippen LogP contribution is 2.46. The Kier molecular flexibility index (Phi) is 4.40. The smallest absolute Gasteiger partial charge is 0.331 e. The van der Waals surface area contributed by atoms with Crippen molar-refractivity contribution in [3.05, 3.63) is 102 Å². The van der Waals surface area contributed by atoms with Gasteiger partial charge in [-0.05, 0) is 36.1 Å². The molecule has 0 radical (unpaired) electrons. The van der Waals surface area contributed by atoms with E-state index in [2.05, 4.69) is 89.2 Å². The van der Waals surface area contributed by atoms with Gasteiger partial charge in [-0.3, -0.25) is 0 Å². The fraction of sp³-hybridized carbons (Fsp3) is 0.115. The third-order valence-electron chi connectivity index (χ3n) is 5.73. The second kappa shape index (κ2) is 7.23. The standard InChI is InChI=1S/C26H22N2O2/c1-18-17-19-9-3-7-13-23(19)28(18)26-22-12-5-4-10-20(22)21-11-6-8-14-24(21)27(26)16-15-25(29)30-2/h3-17,26H,1-2H3/b16-15+. The number of anilines is 1. The summed E-state index contributed by atoms with van der Waals surface area (Å²) in [6.45, 7) is 2.13. The van der Waals surface area contributed by atoms with E-state index in [0.717, 1.165) is 22.5 Å². The highest BCUT2D eigenvalue weighted by molar-refractivity contribution is 5.89. The lowest BCUT2D eigenvalue weighted by atomic mass is 9.91. The second-order valence-corrected chi connectivity index (χ2v) is 7.44. The number of benzene rings is 3. The van der Waals surface area contributed by atoms with Gasteiger partial charge in [0, 0.05) is 29.1 Å². The molecule has 0 spiro atoms. The molecule has 0 aliphatic carbocycles. The molecule has 1 aliphatic rings. The zero-order chi connectivity index (χ0) is 20.7. The fourth-order valence-corrected chi connectivity index (χ4v) is 4.45. The topological polar surface area (TPSA) is 34.5 Å². The molecule has 30 heavy (non-hydrogen) atoms. The number of hydrogen-bond acceptors (Lipinski definition) is 3. The molecule has 0 fully saturated rings. The predicted octanol–water partition coefficient (Wildman–Crippen LogP) is 5.67. The summed E-state index contributed by atoms with van der Waals surface area (Å²) in [5, 5.41) is 1.20. The molecule has 0 amide bonds. The molecular weight excluding hydrogens is 372 g/mol. The van der Waals surface area contributed by atoms with E-state index in [1.807, 2.05) is 12.3 Å². The number of para-hydroxylation sites is 2. The summed E-state index contributed by atoms with van der Waals surface area (Å²) < 4.78 is 7.20. The number of carbonyl (C=O) groups excluding carboxylic acids is 1. The van der Waals surface area contributed by atoms with Crippen LogP contribution in [0.25, 0.3) is 22.0 Å². The Morgan fingerprint density at radius 1 is 0.933 bits per heavy atom. The molecule has 4 heteroatoms. The van der Waals surface area contributed by atoms with Crippen LogP contribution in [0.5, 0.6) is 0 Å². The monoisotopic (exact) mass is 394 g/mol. The number of rotatable bonds is 3. The number of aromatic nitrogens is 1. The van der Waals surface area contributed by atoms with E-state index in [4.69, 9.17) is 4.74 Å². The molecule has 1 atom stereocenters. The van der Waals surface area contributed by atoms with Crippen molar-refractivity contribution in [1.82, 2.24) is 4.57 Å². The molecule has 4 nitrogen and oxygen atoms in total. The van der Waals surface area contributed by atoms with Crippen molar-refractivity contribution in [2.45, 2.75) is 13.1 Å². The maximum absolute atomic E-state index is 11.9. The first-order chi connectivity index (χ1) is 14.7. The Labute approximate surface area is 175 Å². The molecule has 1 aromatic heterocycles. The van der Waals surface area contributed by atoms with Crippen LogP contribution in [0.4, 0.5) is 5.69 Å². The number of methoxy groups -OCH3 is 1. The summed E-state index contributed by atoms with van der Waals surface area (Å²) in [5.41, 5.74) is 6.91. The van der Waals surface area contributed by atoms with Crippen LogP contribution in [0.1, 0.15) is 17.4 Å². The minimum Gasteiger partial charge on any atom is -0.466 e. The summed E-state index contributed by atoms with van der Waals surface area (Å²) in [6.07, 6.45) is 3.19. The zero-order valence-corrected chi connectivity index (χ0v) is 16.9. The van der Waals surface area contributed by atoms with E-state index in [-0.39, 0.29) is 12.1 Å². The number of fused-ring (bicyclic) bond motifs is 4. The van der Waals surface area contributed by atoms with E-state index >= 15 is 0 Å². The van der Waals surface area contributed by atoms with Crippen molar-refractivity contribution >= 4 is 22.6 Å². The average Bonchev–Trinajstić information content (AvgIpc) is 3.12. The van der Waals surface area contributed by atoms with Gasteiger partial charge in [-0.2, -0.15) is 0 Å². The lowest BCUT2D eigenvalue weighted by Gasteiger charge is -2.39. The van der Waals surface area contributed by atoms with Crippen molar-refractivity contribution in [1.29, 1.82) is 0 Å². The summed E-state index contributed by atoms with van der Waals surface area (Å²) in [4.78, 5) is 14.1. The van der Waals surface area contributed by atoms with Gasteiger partial charge >= 0.3 is 5.97 Å². The first-order valence-corrected chi connectivity index (χ1v) is 9.98. The van der Waals surface area contributed by atoms with Gasteiger partial charge in [-0.15, -0.1) is 0 Å². The molecule has 0 N–H and O–H groups in total. The van der Waals surface area contributed by atoms with E-state index in [1.54, 1.807) is 0 Å². The maximum Gasteiger partial charge on any atom is 0.331 e. The van der Waals surface area contributed by atoms with E-state index in [1.165, 1.54) is 29.7 Å². The Bertz CT molecular complexity index is 1290. The maximum atomic E-state index is 11.9. The summed E-state index contributed by atoms with van der Waals surface area (Å²) in [5.74, 6) is -0.376. The van der Waals surface area contributed by atoms with Gasteiger partial charge in [-0.1, -0.05) is 60.7 Å². The van der Waals surface area contributed by atoms with Gasteiger partial charge in [-0.25, -0.2) is 4.79 Å². The van der Waals surface area contributed by atoms with Crippen LogP contribution in [0.2, 0.25) is 0 Å². The number of carbonyl (C=O) groups is 1. The zero-order valence-electron chi connectivity index (χ0n) is 16.9. The minimum atomic E-state index is -0.376. The number of hydrogen-bond donors (Lipinski definition) is 0. The van der Waals surface area contributed by atoms with Crippen molar-refractivity contribution in [3.63, 3.8) is 0 Å². The van der Waals surface area contributed by atoms with Crippen molar-refractivity contribution in [2.24, 2.45) is 0 Å². The molecular formula is C26H22N2O2. The molecule has 148 valence electrons. The predicted molar refractivity (Wildman–Crippen MR) is 120 cm³/mol. The Balaban J connectivity index is 1.81. The Morgan fingerprint density at radius 2 is 1.63 bits per heavy atom. The SMILES string of the molecule is COC(=O)/C=C/N1c2ccccc2-c2ccccc2C1n1c(C)cc2ccccc21. The highest BCUT2D eigenvalue weighted by Gasteiger charge is 2.32. The first-order valence-electron chi connectivity index (χ1n) is 9.98. The van der Waals surface area contributed by atoms with Gasteiger partial charge < -0.3 is 14.2 Å². The third kappa shape index (κ3) is 2.80. The summed E-state index contributed by atoms with van der Waals surface area (Å²) >= 11 is 0. The van der Waals surface area contributed by atoms with Gasteiger partial charge in [0.25, 0.3) is 0 Å². The van der Waals surface area contributed by atoms with E-state index < -0.39 is 0 Å². The van der Waals surface area contributed by atoms with Gasteiger partial charge in [0.05, 0.1) is 18.3 Å². The number of aryl methyl sites for hydroxylation is 1. The molecule has 3 aromatic carbocycles. The fourth-order valence-electron chi connectivity index (χ4n) is 4.45. The van der Waals surface area contributed by atoms with Crippen LogP contribution in [0, 0.1) is 6.92 Å². The highest BCUT2D eigenvalue weighted by atomic mass is 16.5. The lowest BCUT2D eigenvalue weighted by Crippen LogP contribution is -2.33. The van der Waals surface area contributed by atoms with Crippen LogP contribution >= 0.6 is 0 Å². The van der Waals surface area contributed by atoms with Gasteiger partial charge in [0.2, 0.25) is 0 Å². The summed E-state index contributed by atoms with van der Waals surface area (Å²) in [7, 11) is 1.40. The van der Waals surface area contributed by atoms with Crippen molar-refractivity contribution < 1.29 is 9.53 Å². The molecule has 2 heterocycles. The molecule has 1 aliphatic heterocycles. The van der Waals surface area contributed by atoms with Gasteiger partial charge in [0.1, 0.15) is 6.17 Å². The Morgan fingerprint density at radius 3 is 2.47 bits per heavy atom. The van der Waals surface area contributed by atoms with Gasteiger partial charge in [0.15, 0.2) is 0 Å². The van der Waals surface area contributed by atoms with Crippen LogP contribution < -0.4 is 4.90 Å². The molecule has 0 saturated carbocycles. The Hall–Kier alpha value is -3.79. The largest absolute Gasteiger partial charge is 0.466 e. The quantitative estimate of drug-likeness (QED) is 0.332. The molecule has 4 aromatic rings. The normalized spacial score (nSPS) is 15.3. The van der Waals surface area contributed by atoms with Crippen LogP contribution in [0.15, 0.2) is 91.1 Å². The lowest BCUT2D eigenvalue weighted by molar-refractivity contribution is -0.134. The molecule has 0 bridgehead atoms. The number of nitrogens with zero attached hydrogens (tertiary/aromatic N) is 2. The van der Waals surface area contributed by atoms with Crippen LogP contribution in [0.3, 0.4) is 0 Å². The number of ether oxygens (including phenoxy) is 1. The molecule has 5 rings (SSSR count). The van der Waals surface area contributed by atoms with Crippen LogP contribution in [-0.2, 0) is 9.53 Å². The van der Waals surface area contributed by atoms with E-state index in [0.29, 0.717) is 0 Å². The average molecular weight is 394 g/mol. The minimum absolute atomic E-state index is 0.128. The number of esters is 1. The first kappa shape index (κ1) is 18.3. The van der Waals surface area contributed by atoms with Crippen molar-refractivity contribution in [3.8, 4) is 11.1 Å². The van der Waals surface area contributed by atoms with Crippen LogP contribution in [-0.4, -0.2) is 17.6 Å². The summed E-state index contributed by atoms with van der Waals surface area (Å²) in [6, 6.07) is 27.4.